The SMILES string of the molecule is CC(C)COc1ccc(/C=N/NC(=O)CNC(=O)COc2ccc(Cl)cc2)cc1. The van der Waals surface area contributed by atoms with E-state index in [4.69, 9.17) is 21.1 Å². The van der Waals surface area contributed by atoms with Gasteiger partial charge in [0.1, 0.15) is 11.5 Å². The van der Waals surface area contributed by atoms with Crippen LogP contribution in [0.4, 0.5) is 0 Å². The Morgan fingerprint density at radius 3 is 2.28 bits per heavy atom. The van der Waals surface area contributed by atoms with E-state index in [0.29, 0.717) is 23.3 Å². The Morgan fingerprint density at radius 2 is 1.62 bits per heavy atom. The molecule has 0 aromatic heterocycles. The molecule has 154 valence electrons. The van der Waals surface area contributed by atoms with Crippen LogP contribution < -0.4 is 20.2 Å². The van der Waals surface area contributed by atoms with Crippen LogP contribution in [0.5, 0.6) is 11.5 Å². The molecule has 2 aromatic carbocycles. The third-order valence-electron chi connectivity index (χ3n) is 3.50. The fraction of sp³-hybridized carbons (Fsp3) is 0.286. The van der Waals surface area contributed by atoms with Gasteiger partial charge in [0, 0.05) is 5.02 Å². The van der Waals surface area contributed by atoms with Gasteiger partial charge in [-0.05, 0) is 60.0 Å². The zero-order valence-electron chi connectivity index (χ0n) is 16.4. The first kappa shape index (κ1) is 22.2. The summed E-state index contributed by atoms with van der Waals surface area (Å²) >= 11 is 5.77. The lowest BCUT2D eigenvalue weighted by Gasteiger charge is -2.08. The highest BCUT2D eigenvalue weighted by Gasteiger charge is 2.06. The van der Waals surface area contributed by atoms with Crippen molar-refractivity contribution in [3.05, 3.63) is 59.1 Å². The second-order valence-electron chi connectivity index (χ2n) is 6.59. The Morgan fingerprint density at radius 1 is 1.00 bits per heavy atom. The normalized spacial score (nSPS) is 10.8. The van der Waals surface area contributed by atoms with Crippen LogP contribution in [0.25, 0.3) is 0 Å². The lowest BCUT2D eigenvalue weighted by molar-refractivity contribution is -0.127. The van der Waals surface area contributed by atoms with E-state index in [0.717, 1.165) is 11.3 Å². The highest BCUT2D eigenvalue weighted by atomic mass is 35.5. The topological polar surface area (TPSA) is 89.0 Å². The summed E-state index contributed by atoms with van der Waals surface area (Å²) in [5.41, 5.74) is 3.16. The summed E-state index contributed by atoms with van der Waals surface area (Å²) in [6.45, 7) is 4.41. The van der Waals surface area contributed by atoms with Gasteiger partial charge in [0.2, 0.25) is 0 Å². The first-order chi connectivity index (χ1) is 13.9. The molecule has 0 aliphatic heterocycles. The number of hydrazone groups is 1. The summed E-state index contributed by atoms with van der Waals surface area (Å²) < 4.78 is 10.9. The van der Waals surface area contributed by atoms with Crippen molar-refractivity contribution in [2.45, 2.75) is 13.8 Å². The molecule has 0 spiro atoms. The van der Waals surface area contributed by atoms with E-state index in [1.165, 1.54) is 6.21 Å². The molecule has 2 N–H and O–H groups in total. The van der Waals surface area contributed by atoms with E-state index >= 15 is 0 Å². The molecule has 2 aromatic rings. The van der Waals surface area contributed by atoms with E-state index in [2.05, 4.69) is 29.7 Å². The Labute approximate surface area is 175 Å². The van der Waals surface area contributed by atoms with Crippen molar-refractivity contribution in [1.29, 1.82) is 0 Å². The van der Waals surface area contributed by atoms with Gasteiger partial charge in [0.25, 0.3) is 11.8 Å². The van der Waals surface area contributed by atoms with Gasteiger partial charge in [-0.1, -0.05) is 25.4 Å². The predicted molar refractivity (Wildman–Crippen MR) is 112 cm³/mol. The third-order valence-corrected chi connectivity index (χ3v) is 3.75. The quantitative estimate of drug-likeness (QED) is 0.459. The van der Waals surface area contributed by atoms with E-state index in [-0.39, 0.29) is 13.2 Å². The summed E-state index contributed by atoms with van der Waals surface area (Å²) in [5.74, 6) is 0.882. The van der Waals surface area contributed by atoms with Crippen LogP contribution in [0.2, 0.25) is 5.02 Å². The number of halogens is 1. The molecule has 0 fully saturated rings. The van der Waals surface area contributed by atoms with Gasteiger partial charge in [-0.15, -0.1) is 0 Å². The highest BCUT2D eigenvalue weighted by molar-refractivity contribution is 6.30. The molecule has 0 aliphatic carbocycles. The molecule has 0 bridgehead atoms. The summed E-state index contributed by atoms with van der Waals surface area (Å²) in [7, 11) is 0. The lowest BCUT2D eigenvalue weighted by atomic mass is 10.2. The molecule has 0 saturated carbocycles. The van der Waals surface area contributed by atoms with Gasteiger partial charge in [-0.2, -0.15) is 5.10 Å². The number of nitrogens with zero attached hydrogens (tertiary/aromatic N) is 1. The van der Waals surface area contributed by atoms with E-state index < -0.39 is 11.8 Å². The maximum absolute atomic E-state index is 11.7. The standard InChI is InChI=1S/C21H24ClN3O4/c1-15(2)13-28-18-7-3-16(4-8-18)11-24-25-20(26)12-23-21(27)14-29-19-9-5-17(22)6-10-19/h3-11,15H,12-14H2,1-2H3,(H,23,27)(H,25,26)/b24-11+. The van der Waals surface area contributed by atoms with Gasteiger partial charge in [-0.25, -0.2) is 5.43 Å². The fourth-order valence-corrected chi connectivity index (χ4v) is 2.17. The van der Waals surface area contributed by atoms with Crippen molar-refractivity contribution in [3.8, 4) is 11.5 Å². The second-order valence-corrected chi connectivity index (χ2v) is 7.02. The van der Waals surface area contributed by atoms with Crippen LogP contribution in [-0.2, 0) is 9.59 Å². The largest absolute Gasteiger partial charge is 0.493 e. The van der Waals surface area contributed by atoms with Crippen molar-refractivity contribution in [3.63, 3.8) is 0 Å². The zero-order valence-corrected chi connectivity index (χ0v) is 17.1. The minimum Gasteiger partial charge on any atom is -0.493 e. The first-order valence-electron chi connectivity index (χ1n) is 9.12. The third kappa shape index (κ3) is 9.12. The van der Waals surface area contributed by atoms with E-state index in [1.807, 2.05) is 24.3 Å². The zero-order chi connectivity index (χ0) is 21.1. The number of hydrogen-bond acceptors (Lipinski definition) is 5. The molecule has 7 nitrogen and oxygen atoms in total. The maximum atomic E-state index is 11.7. The number of amides is 2. The monoisotopic (exact) mass is 417 g/mol. The molecule has 29 heavy (non-hydrogen) atoms. The van der Waals surface area contributed by atoms with Gasteiger partial charge in [0.05, 0.1) is 19.4 Å². The van der Waals surface area contributed by atoms with E-state index in [9.17, 15) is 9.59 Å². The minimum atomic E-state index is -0.446. The van der Waals surface area contributed by atoms with Gasteiger partial charge in [0.15, 0.2) is 6.61 Å². The number of nitrogens with one attached hydrogen (secondary N) is 2. The van der Waals surface area contributed by atoms with Gasteiger partial charge in [-0.3, -0.25) is 9.59 Å². The molecular weight excluding hydrogens is 394 g/mol. The smallest absolute Gasteiger partial charge is 0.259 e. The number of carbonyl (C=O) groups excluding carboxylic acids is 2. The van der Waals surface area contributed by atoms with Crippen molar-refractivity contribution in [2.24, 2.45) is 11.0 Å². The Hall–Kier alpha value is -3.06. The number of hydrogen-bond donors (Lipinski definition) is 2. The lowest BCUT2D eigenvalue weighted by Crippen LogP contribution is -2.37. The van der Waals surface area contributed by atoms with Crippen molar-refractivity contribution >= 4 is 29.6 Å². The molecule has 0 atom stereocenters. The molecule has 0 aliphatic rings. The minimum absolute atomic E-state index is 0.205. The molecule has 2 amide bonds. The highest BCUT2D eigenvalue weighted by Crippen LogP contribution is 2.15. The van der Waals surface area contributed by atoms with Gasteiger partial charge < -0.3 is 14.8 Å². The average Bonchev–Trinajstić information content (AvgIpc) is 2.71. The van der Waals surface area contributed by atoms with Crippen LogP contribution >= 0.6 is 11.6 Å². The summed E-state index contributed by atoms with van der Waals surface area (Å²) in [4.78, 5) is 23.5. The number of rotatable bonds is 10. The first-order valence-corrected chi connectivity index (χ1v) is 9.50. The molecule has 0 heterocycles. The number of benzene rings is 2. The Kier molecular flexibility index (Phi) is 8.98. The molecular formula is C21H24ClN3O4. The Bertz CT molecular complexity index is 821. The van der Waals surface area contributed by atoms with Crippen LogP contribution in [0.1, 0.15) is 19.4 Å². The summed E-state index contributed by atoms with van der Waals surface area (Å²) in [5, 5.41) is 6.89. The van der Waals surface area contributed by atoms with Crippen LogP contribution in [-0.4, -0.2) is 37.8 Å². The molecule has 0 unspecified atom stereocenters. The van der Waals surface area contributed by atoms with Crippen LogP contribution in [0, 0.1) is 5.92 Å². The van der Waals surface area contributed by atoms with Crippen LogP contribution in [0.15, 0.2) is 53.6 Å². The van der Waals surface area contributed by atoms with Gasteiger partial charge >= 0.3 is 0 Å². The summed E-state index contributed by atoms with van der Waals surface area (Å²) in [6, 6.07) is 14.0. The Balaban J connectivity index is 1.65. The van der Waals surface area contributed by atoms with Crippen LogP contribution in [0.3, 0.4) is 0 Å². The molecule has 8 heteroatoms. The van der Waals surface area contributed by atoms with E-state index in [1.54, 1.807) is 24.3 Å². The maximum Gasteiger partial charge on any atom is 0.259 e. The second kappa shape index (κ2) is 11.7. The number of carbonyl (C=O) groups is 2. The van der Waals surface area contributed by atoms with Crippen molar-refractivity contribution in [2.75, 3.05) is 19.8 Å². The average molecular weight is 418 g/mol. The van der Waals surface area contributed by atoms with Crippen molar-refractivity contribution in [1.82, 2.24) is 10.7 Å². The fourth-order valence-electron chi connectivity index (χ4n) is 2.04. The predicted octanol–water partition coefficient (Wildman–Crippen LogP) is 3.02. The number of ether oxygens (including phenoxy) is 2. The molecule has 2 rings (SSSR count). The summed E-state index contributed by atoms with van der Waals surface area (Å²) in [6.07, 6.45) is 1.51. The molecule has 0 saturated heterocycles. The molecule has 0 radical (unpaired) electrons. The van der Waals surface area contributed by atoms with Crippen molar-refractivity contribution < 1.29 is 19.1 Å².